The molecule has 2 aliphatic rings. The minimum absolute atomic E-state index is 0.00916. The van der Waals surface area contributed by atoms with Gasteiger partial charge in [0.2, 0.25) is 16.1 Å². The summed E-state index contributed by atoms with van der Waals surface area (Å²) in [7, 11) is -2.48. The molecule has 1 unspecified atom stereocenters. The van der Waals surface area contributed by atoms with Gasteiger partial charge in [0.1, 0.15) is 0 Å². The largest absolute Gasteiger partial charge is 0.466 e. The highest BCUT2D eigenvalue weighted by molar-refractivity contribution is 7.89. The van der Waals surface area contributed by atoms with Gasteiger partial charge in [0.25, 0.3) is 0 Å². The van der Waals surface area contributed by atoms with Crippen molar-refractivity contribution in [2.45, 2.75) is 23.8 Å². The van der Waals surface area contributed by atoms with Crippen LogP contribution in [0, 0.1) is 5.92 Å². The summed E-state index contributed by atoms with van der Waals surface area (Å²) in [6.07, 6.45) is 0.629. The minimum atomic E-state index is -3.72. The van der Waals surface area contributed by atoms with Gasteiger partial charge in [0, 0.05) is 19.0 Å². The van der Waals surface area contributed by atoms with Gasteiger partial charge in [0.15, 0.2) is 0 Å². The van der Waals surface area contributed by atoms with E-state index in [9.17, 15) is 18.0 Å². The summed E-state index contributed by atoms with van der Waals surface area (Å²) in [6, 6.07) is 5.64. The summed E-state index contributed by atoms with van der Waals surface area (Å²) in [6.45, 7) is 1.21. The van der Waals surface area contributed by atoms with Gasteiger partial charge in [-0.05, 0) is 31.0 Å². The van der Waals surface area contributed by atoms with Crippen LogP contribution in [0.4, 0.5) is 0 Å². The maximum absolute atomic E-state index is 12.7. The first kappa shape index (κ1) is 18.8. The summed E-state index contributed by atoms with van der Waals surface area (Å²) >= 11 is 0. The molecule has 0 spiro atoms. The average Bonchev–Trinajstić information content (AvgIpc) is 3.51. The minimum Gasteiger partial charge on any atom is -0.466 e. The Morgan fingerprint density at radius 1 is 1.23 bits per heavy atom. The summed E-state index contributed by atoms with van der Waals surface area (Å²) in [5.74, 6) is -1.38. The third-order valence-corrected chi connectivity index (χ3v) is 6.29. The van der Waals surface area contributed by atoms with E-state index in [-0.39, 0.29) is 29.5 Å². The van der Waals surface area contributed by atoms with Gasteiger partial charge >= 0.3 is 11.9 Å². The summed E-state index contributed by atoms with van der Waals surface area (Å²) in [5, 5.41) is 0. The lowest BCUT2D eigenvalue weighted by Crippen LogP contribution is -2.40. The summed E-state index contributed by atoms with van der Waals surface area (Å²) < 4.78 is 41.9. The van der Waals surface area contributed by atoms with Crippen LogP contribution in [0.5, 0.6) is 0 Å². The molecule has 3 rings (SSSR count). The monoisotopic (exact) mass is 383 g/mol. The van der Waals surface area contributed by atoms with Crippen LogP contribution < -0.4 is 0 Å². The van der Waals surface area contributed by atoms with Crippen molar-refractivity contribution in [1.29, 1.82) is 0 Å². The molecule has 0 N–H and O–H groups in total. The number of hydrogen-bond acceptors (Lipinski definition) is 7. The molecule has 1 aromatic carbocycles. The maximum Gasteiger partial charge on any atom is 0.347 e. The van der Waals surface area contributed by atoms with Crippen molar-refractivity contribution >= 4 is 22.0 Å². The van der Waals surface area contributed by atoms with Gasteiger partial charge in [-0.15, -0.1) is 0 Å². The van der Waals surface area contributed by atoms with E-state index >= 15 is 0 Å². The quantitative estimate of drug-likeness (QED) is 0.671. The standard InChI is InChI=1S/C17H21NO7S/c1-23-17(20)15(12-5-6-12)25-16(19)13-3-2-4-14(11-13)26(21,22)18-7-9-24-10-8-18/h2-4,11-12,15H,5-10H2,1H3. The van der Waals surface area contributed by atoms with Crippen LogP contribution in [-0.2, 0) is 29.0 Å². The van der Waals surface area contributed by atoms with Crippen molar-refractivity contribution in [1.82, 2.24) is 4.31 Å². The van der Waals surface area contributed by atoms with Gasteiger partial charge in [0.05, 0.1) is 30.8 Å². The van der Waals surface area contributed by atoms with E-state index < -0.39 is 28.1 Å². The fraction of sp³-hybridized carbons (Fsp3) is 0.529. The molecule has 2 fully saturated rings. The predicted octanol–water partition coefficient (Wildman–Crippen LogP) is 0.816. The smallest absolute Gasteiger partial charge is 0.347 e. The summed E-state index contributed by atoms with van der Waals surface area (Å²) in [5.41, 5.74) is 0.0777. The van der Waals surface area contributed by atoms with Gasteiger partial charge < -0.3 is 14.2 Å². The molecule has 0 bridgehead atoms. The van der Waals surface area contributed by atoms with E-state index in [2.05, 4.69) is 4.74 Å². The summed E-state index contributed by atoms with van der Waals surface area (Å²) in [4.78, 5) is 24.2. The van der Waals surface area contributed by atoms with E-state index in [4.69, 9.17) is 9.47 Å². The third kappa shape index (κ3) is 4.05. The molecule has 9 heteroatoms. The molecule has 0 aromatic heterocycles. The second-order valence-corrected chi connectivity index (χ2v) is 8.17. The van der Waals surface area contributed by atoms with Crippen molar-refractivity contribution in [3.8, 4) is 0 Å². The molecule has 1 saturated heterocycles. The Balaban J connectivity index is 1.77. The zero-order chi connectivity index (χ0) is 18.7. The molecule has 1 aromatic rings. The highest BCUT2D eigenvalue weighted by Crippen LogP contribution is 2.35. The molecule has 0 amide bonds. The Bertz CT molecular complexity index is 782. The Kier molecular flexibility index (Phi) is 5.59. The van der Waals surface area contributed by atoms with Crippen molar-refractivity contribution in [3.05, 3.63) is 29.8 Å². The van der Waals surface area contributed by atoms with Gasteiger partial charge in [-0.2, -0.15) is 4.31 Å². The molecule has 26 heavy (non-hydrogen) atoms. The molecule has 1 atom stereocenters. The first-order valence-corrected chi connectivity index (χ1v) is 9.84. The Morgan fingerprint density at radius 3 is 2.54 bits per heavy atom. The van der Waals surface area contributed by atoms with Crippen LogP contribution in [-0.4, -0.2) is 64.2 Å². The van der Waals surface area contributed by atoms with Crippen LogP contribution >= 0.6 is 0 Å². The Hall–Kier alpha value is -1.97. The number of carbonyl (C=O) groups is 2. The number of rotatable bonds is 6. The molecule has 8 nitrogen and oxygen atoms in total. The van der Waals surface area contributed by atoms with E-state index in [1.54, 1.807) is 0 Å². The molecule has 1 aliphatic carbocycles. The van der Waals surface area contributed by atoms with Gasteiger partial charge in [-0.1, -0.05) is 6.07 Å². The fourth-order valence-electron chi connectivity index (χ4n) is 2.75. The van der Waals surface area contributed by atoms with Crippen LogP contribution in [0.3, 0.4) is 0 Å². The van der Waals surface area contributed by atoms with Crippen LogP contribution in [0.1, 0.15) is 23.2 Å². The Morgan fingerprint density at radius 2 is 1.92 bits per heavy atom. The van der Waals surface area contributed by atoms with E-state index in [1.165, 1.54) is 35.7 Å². The number of hydrogen-bond donors (Lipinski definition) is 0. The molecular weight excluding hydrogens is 362 g/mol. The van der Waals surface area contributed by atoms with E-state index in [0.29, 0.717) is 13.2 Å². The molecule has 1 aliphatic heterocycles. The molecule has 0 radical (unpaired) electrons. The molecule has 1 saturated carbocycles. The maximum atomic E-state index is 12.7. The first-order chi connectivity index (χ1) is 12.4. The van der Waals surface area contributed by atoms with E-state index in [0.717, 1.165) is 12.8 Å². The second kappa shape index (κ2) is 7.73. The van der Waals surface area contributed by atoms with E-state index in [1.807, 2.05) is 0 Å². The average molecular weight is 383 g/mol. The second-order valence-electron chi connectivity index (χ2n) is 6.23. The highest BCUT2D eigenvalue weighted by Gasteiger charge is 2.40. The number of ether oxygens (including phenoxy) is 3. The third-order valence-electron chi connectivity index (χ3n) is 4.40. The number of benzene rings is 1. The SMILES string of the molecule is COC(=O)C(OC(=O)c1cccc(S(=O)(=O)N2CCOCC2)c1)C1CC1. The lowest BCUT2D eigenvalue weighted by molar-refractivity contribution is -0.152. The lowest BCUT2D eigenvalue weighted by Gasteiger charge is -2.26. The normalized spacial score (nSPS) is 19.6. The highest BCUT2D eigenvalue weighted by atomic mass is 32.2. The topological polar surface area (TPSA) is 99.2 Å². The fourth-order valence-corrected chi connectivity index (χ4v) is 4.21. The van der Waals surface area contributed by atoms with Crippen LogP contribution in [0.15, 0.2) is 29.2 Å². The van der Waals surface area contributed by atoms with Gasteiger partial charge in [-0.3, -0.25) is 0 Å². The van der Waals surface area contributed by atoms with Crippen LogP contribution in [0.25, 0.3) is 0 Å². The first-order valence-electron chi connectivity index (χ1n) is 8.40. The van der Waals surface area contributed by atoms with Crippen LogP contribution in [0.2, 0.25) is 0 Å². The molecule has 142 valence electrons. The zero-order valence-electron chi connectivity index (χ0n) is 14.4. The van der Waals surface area contributed by atoms with Gasteiger partial charge in [-0.25, -0.2) is 18.0 Å². The number of esters is 2. The van der Waals surface area contributed by atoms with Crippen molar-refractivity contribution in [2.75, 3.05) is 33.4 Å². The van der Waals surface area contributed by atoms with Crippen molar-refractivity contribution in [3.63, 3.8) is 0 Å². The molecule has 1 heterocycles. The number of nitrogens with zero attached hydrogens (tertiary/aromatic N) is 1. The number of morpholine rings is 1. The Labute approximate surface area is 152 Å². The zero-order valence-corrected chi connectivity index (χ0v) is 15.2. The molecular formula is C17H21NO7S. The van der Waals surface area contributed by atoms with Crippen molar-refractivity contribution in [2.24, 2.45) is 5.92 Å². The number of methoxy groups -OCH3 is 1. The lowest BCUT2D eigenvalue weighted by atomic mass is 10.2. The number of carbonyl (C=O) groups excluding carboxylic acids is 2. The predicted molar refractivity (Wildman–Crippen MR) is 90.0 cm³/mol. The van der Waals surface area contributed by atoms with Crippen molar-refractivity contribution < 1.29 is 32.2 Å². The number of sulfonamides is 1.